The van der Waals surface area contributed by atoms with E-state index in [-0.39, 0.29) is 13.4 Å². The second kappa shape index (κ2) is 6.92. The van der Waals surface area contributed by atoms with E-state index in [1.165, 1.54) is 32.1 Å². The van der Waals surface area contributed by atoms with E-state index in [0.29, 0.717) is 18.0 Å². The second-order valence-electron chi connectivity index (χ2n) is 6.16. The third-order valence-electron chi connectivity index (χ3n) is 3.84. The summed E-state index contributed by atoms with van der Waals surface area (Å²) in [6, 6.07) is 0.787. The van der Waals surface area contributed by atoms with Crippen LogP contribution in [0.15, 0.2) is 4.99 Å². The Kier molecular flexibility index (Phi) is 5.23. The highest BCUT2D eigenvalue weighted by atomic mass is 16.5. The average Bonchev–Trinajstić information content (AvgIpc) is 2.62. The molecule has 1 aliphatic heterocycles. The molecule has 1 saturated carbocycles. The molecular formula is C15H28N2O2. The summed E-state index contributed by atoms with van der Waals surface area (Å²) < 4.78 is 5.65. The van der Waals surface area contributed by atoms with Crippen molar-refractivity contribution in [1.29, 1.82) is 0 Å². The third kappa shape index (κ3) is 4.51. The fourth-order valence-electron chi connectivity index (χ4n) is 2.78. The molecule has 1 amide bonds. The van der Waals surface area contributed by atoms with Gasteiger partial charge in [-0.25, -0.2) is 4.99 Å². The fraction of sp³-hybridized carbons (Fsp3) is 0.867. The predicted molar refractivity (Wildman–Crippen MR) is 78.1 cm³/mol. The first kappa shape index (κ1) is 14.4. The van der Waals surface area contributed by atoms with Gasteiger partial charge in [-0.3, -0.25) is 10.1 Å². The molecule has 0 spiro atoms. The van der Waals surface area contributed by atoms with Gasteiger partial charge in [0.15, 0.2) is 6.10 Å². The number of nitrogens with zero attached hydrogens (tertiary/aromatic N) is 1. The van der Waals surface area contributed by atoms with Crippen molar-refractivity contribution < 1.29 is 11.0 Å². The van der Waals surface area contributed by atoms with Crippen molar-refractivity contribution in [3.05, 3.63) is 0 Å². The van der Waals surface area contributed by atoms with Gasteiger partial charge in [0.25, 0.3) is 11.9 Å². The molecule has 0 aromatic rings. The Labute approximate surface area is 117 Å². The molecule has 1 saturated heterocycles. The number of carbonyl (C=O) groups excluding carboxylic acids is 1. The van der Waals surface area contributed by atoms with Crippen LogP contribution < -0.4 is 5.32 Å². The van der Waals surface area contributed by atoms with E-state index in [2.05, 4.69) is 24.2 Å². The quantitative estimate of drug-likeness (QED) is 0.854. The summed E-state index contributed by atoms with van der Waals surface area (Å²) >= 11 is 0. The molecule has 1 heterocycles. The zero-order valence-electron chi connectivity index (χ0n) is 12.2. The molecular weight excluding hydrogens is 240 g/mol. The van der Waals surface area contributed by atoms with Gasteiger partial charge in [-0.15, -0.1) is 0 Å². The summed E-state index contributed by atoms with van der Waals surface area (Å²) in [4.78, 5) is 16.4. The van der Waals surface area contributed by atoms with Crippen LogP contribution in [0.4, 0.5) is 0 Å². The molecule has 1 unspecified atom stereocenters. The lowest BCUT2D eigenvalue weighted by atomic mass is 9.97. The van der Waals surface area contributed by atoms with E-state index in [4.69, 9.17) is 4.74 Å². The van der Waals surface area contributed by atoms with Gasteiger partial charge >= 0.3 is 0 Å². The Bertz CT molecular complexity index is 337. The van der Waals surface area contributed by atoms with Crippen LogP contribution in [-0.2, 0) is 9.53 Å². The Morgan fingerprint density at radius 1 is 1.26 bits per heavy atom. The van der Waals surface area contributed by atoms with Gasteiger partial charge in [0.05, 0.1) is 6.04 Å². The van der Waals surface area contributed by atoms with Crippen molar-refractivity contribution in [1.82, 2.24) is 5.32 Å². The molecule has 4 heteroatoms. The topological polar surface area (TPSA) is 50.7 Å². The summed E-state index contributed by atoms with van der Waals surface area (Å²) in [5, 5.41) is 2.78. The van der Waals surface area contributed by atoms with Crippen molar-refractivity contribution in [2.75, 3.05) is 0 Å². The lowest BCUT2D eigenvalue weighted by molar-refractivity contribution is -0.123. The maximum atomic E-state index is 11.8. The highest BCUT2D eigenvalue weighted by molar-refractivity contribution is 6.02. The normalized spacial score (nSPS) is 28.1. The van der Waals surface area contributed by atoms with Crippen molar-refractivity contribution in [3.63, 3.8) is 0 Å². The number of amidine groups is 1. The summed E-state index contributed by atoms with van der Waals surface area (Å²) in [5.41, 5.74) is 0. The number of ether oxygens (including phenoxy) is 1. The van der Waals surface area contributed by atoms with E-state index in [0.717, 1.165) is 19.3 Å². The molecule has 0 bridgehead atoms. The number of aliphatic imine (C=N–C) groups is 1. The van der Waals surface area contributed by atoms with Crippen LogP contribution in [-0.4, -0.2) is 24.1 Å². The highest BCUT2D eigenvalue weighted by Gasteiger charge is 2.31. The Morgan fingerprint density at radius 2 is 1.89 bits per heavy atom. The lowest BCUT2D eigenvalue weighted by Crippen LogP contribution is -2.26. The van der Waals surface area contributed by atoms with Crippen LogP contribution >= 0.6 is 0 Å². The van der Waals surface area contributed by atoms with Gasteiger partial charge < -0.3 is 4.74 Å². The maximum absolute atomic E-state index is 11.8. The monoisotopic (exact) mass is 268 g/mol. The number of nitrogens with one attached hydrogen (secondary N) is 1. The summed E-state index contributed by atoms with van der Waals surface area (Å²) in [5.74, 6) is 0.426. The molecule has 110 valence electrons. The minimum atomic E-state index is -0.340. The molecule has 1 N–H and O–H groups in total. The van der Waals surface area contributed by atoms with Crippen LogP contribution in [0, 0.1) is 5.92 Å². The van der Waals surface area contributed by atoms with Gasteiger partial charge in [-0.05, 0) is 25.2 Å². The zero-order chi connectivity index (χ0) is 13.7. The van der Waals surface area contributed by atoms with Crippen LogP contribution in [0.2, 0.25) is 0 Å². The van der Waals surface area contributed by atoms with E-state index >= 15 is 0 Å². The van der Waals surface area contributed by atoms with Gasteiger partial charge in [0.1, 0.15) is 0 Å². The molecule has 4 nitrogen and oxygen atoms in total. The Balaban J connectivity index is 0.00000200. The Morgan fingerprint density at radius 3 is 2.53 bits per heavy atom. The third-order valence-corrected chi connectivity index (χ3v) is 3.84. The largest absolute Gasteiger partial charge is 0.452 e. The average molecular weight is 268 g/mol. The highest BCUT2D eigenvalue weighted by Crippen LogP contribution is 2.21. The number of carbonyl (C=O) groups is 1. The fourth-order valence-corrected chi connectivity index (χ4v) is 2.78. The van der Waals surface area contributed by atoms with E-state index in [9.17, 15) is 4.79 Å². The molecule has 19 heavy (non-hydrogen) atoms. The molecule has 0 aromatic heterocycles. The van der Waals surface area contributed by atoms with Crippen molar-refractivity contribution in [2.24, 2.45) is 10.9 Å². The van der Waals surface area contributed by atoms with Gasteiger partial charge in [0, 0.05) is 1.43 Å². The number of amides is 1. The molecule has 0 aromatic carbocycles. The minimum absolute atomic E-state index is 0. The Hall–Kier alpha value is -1.06. The number of rotatable bonds is 3. The summed E-state index contributed by atoms with van der Waals surface area (Å²) in [6.45, 7) is 4.20. The standard InChI is InChI=1S/C15H26N2O2.H2/c1-11(2)10-13-14(18)17-15(19-13)16-12-8-6-4-3-5-7-9-12;/h11-13H,3-10H2,1-2H3,(H,16,17,18);1H. The zero-order valence-corrected chi connectivity index (χ0v) is 12.2. The van der Waals surface area contributed by atoms with Crippen LogP contribution in [0.1, 0.15) is 66.6 Å². The SMILES string of the molecule is CC(C)CC1OC(=NC2CCCCCCC2)NC1=O.[HH]. The van der Waals surface area contributed by atoms with E-state index in [1.54, 1.807) is 0 Å². The number of hydrogen-bond donors (Lipinski definition) is 1. The van der Waals surface area contributed by atoms with E-state index < -0.39 is 0 Å². The van der Waals surface area contributed by atoms with Crippen LogP contribution in [0.25, 0.3) is 0 Å². The molecule has 2 rings (SSSR count). The maximum Gasteiger partial charge on any atom is 0.292 e. The first-order chi connectivity index (χ1) is 9.15. The van der Waals surface area contributed by atoms with Crippen molar-refractivity contribution in [2.45, 2.75) is 77.4 Å². The molecule has 2 fully saturated rings. The first-order valence-corrected chi connectivity index (χ1v) is 7.70. The number of hydrogen-bond acceptors (Lipinski definition) is 3. The molecule has 0 radical (unpaired) electrons. The molecule has 2 aliphatic rings. The smallest absolute Gasteiger partial charge is 0.292 e. The second-order valence-corrected chi connectivity index (χ2v) is 6.16. The lowest BCUT2D eigenvalue weighted by Gasteiger charge is -2.16. The van der Waals surface area contributed by atoms with Crippen molar-refractivity contribution >= 4 is 11.9 Å². The summed E-state index contributed by atoms with van der Waals surface area (Å²) in [6.07, 6.45) is 9.12. The molecule has 1 atom stereocenters. The molecule has 1 aliphatic carbocycles. The van der Waals surface area contributed by atoms with Gasteiger partial charge in [-0.1, -0.05) is 46.0 Å². The van der Waals surface area contributed by atoms with Crippen LogP contribution in [0.3, 0.4) is 0 Å². The van der Waals surface area contributed by atoms with Crippen LogP contribution in [0.5, 0.6) is 0 Å². The predicted octanol–water partition coefficient (Wildman–Crippen LogP) is 3.26. The minimum Gasteiger partial charge on any atom is -0.452 e. The van der Waals surface area contributed by atoms with E-state index in [1.807, 2.05) is 0 Å². The van der Waals surface area contributed by atoms with Gasteiger partial charge in [0.2, 0.25) is 0 Å². The van der Waals surface area contributed by atoms with Crippen molar-refractivity contribution in [3.8, 4) is 0 Å². The summed E-state index contributed by atoms with van der Waals surface area (Å²) in [7, 11) is 0. The van der Waals surface area contributed by atoms with Gasteiger partial charge in [-0.2, -0.15) is 0 Å². The first-order valence-electron chi connectivity index (χ1n) is 7.70.